The predicted octanol–water partition coefficient (Wildman–Crippen LogP) is 1.85. The average molecular weight is 291 g/mol. The predicted molar refractivity (Wildman–Crippen MR) is 81.4 cm³/mol. The summed E-state index contributed by atoms with van der Waals surface area (Å²) >= 11 is 0. The van der Waals surface area contributed by atoms with Crippen LogP contribution in [0.3, 0.4) is 0 Å². The molecule has 3 atom stereocenters. The lowest BCUT2D eigenvalue weighted by Crippen LogP contribution is -2.53. The van der Waals surface area contributed by atoms with Gasteiger partial charge in [-0.2, -0.15) is 0 Å². The van der Waals surface area contributed by atoms with Gasteiger partial charge in [0, 0.05) is 36.5 Å². The zero-order chi connectivity index (χ0) is 15.0. The number of aryl methyl sites for hydroxylation is 2. The molecule has 0 bridgehead atoms. The van der Waals surface area contributed by atoms with E-state index >= 15 is 0 Å². The van der Waals surface area contributed by atoms with Crippen molar-refractivity contribution in [1.29, 1.82) is 0 Å². The Morgan fingerprint density at radius 1 is 1.33 bits per heavy atom. The van der Waals surface area contributed by atoms with Gasteiger partial charge in [-0.1, -0.05) is 0 Å². The topological polar surface area (TPSA) is 58.5 Å². The molecule has 0 saturated carbocycles. The van der Waals surface area contributed by atoms with E-state index < -0.39 is 5.60 Å². The van der Waals surface area contributed by atoms with Crippen LogP contribution in [0.5, 0.6) is 0 Å². The minimum atomic E-state index is -0.662. The van der Waals surface area contributed by atoms with E-state index in [0.717, 1.165) is 36.7 Å². The molecule has 2 aliphatic heterocycles. The van der Waals surface area contributed by atoms with E-state index in [1.165, 1.54) is 0 Å². The maximum atomic E-state index is 10.7. The van der Waals surface area contributed by atoms with Crippen LogP contribution in [0.15, 0.2) is 6.07 Å². The number of hydrogen-bond acceptors (Lipinski definition) is 5. The van der Waals surface area contributed by atoms with Gasteiger partial charge in [-0.3, -0.25) is 0 Å². The van der Waals surface area contributed by atoms with Crippen LogP contribution in [-0.4, -0.2) is 46.5 Å². The highest BCUT2D eigenvalue weighted by Gasteiger charge is 2.44. The molecule has 0 amide bonds. The number of rotatable bonds is 2. The van der Waals surface area contributed by atoms with Gasteiger partial charge in [0.05, 0.1) is 12.2 Å². The Balaban J connectivity index is 1.88. The standard InChI is InChI=1S/C16H25N3O2/c1-11-9-12(2)18-15(17-11)19-7-4-5-14(19)13-10-21-8-6-16(13,3)20/h9,13-14,20H,4-8,10H2,1-3H3. The van der Waals surface area contributed by atoms with Gasteiger partial charge in [0.2, 0.25) is 5.95 Å². The molecule has 5 nitrogen and oxygen atoms in total. The quantitative estimate of drug-likeness (QED) is 0.901. The van der Waals surface area contributed by atoms with Crippen molar-refractivity contribution in [1.82, 2.24) is 9.97 Å². The van der Waals surface area contributed by atoms with E-state index in [0.29, 0.717) is 19.6 Å². The normalized spacial score (nSPS) is 33.4. The van der Waals surface area contributed by atoms with Crippen LogP contribution < -0.4 is 4.90 Å². The molecule has 116 valence electrons. The third-order valence-electron chi connectivity index (χ3n) is 4.84. The molecular weight excluding hydrogens is 266 g/mol. The van der Waals surface area contributed by atoms with Crippen LogP contribution in [0.2, 0.25) is 0 Å². The Morgan fingerprint density at radius 2 is 2.05 bits per heavy atom. The fraction of sp³-hybridized carbons (Fsp3) is 0.750. The van der Waals surface area contributed by atoms with E-state index in [4.69, 9.17) is 4.74 Å². The molecule has 21 heavy (non-hydrogen) atoms. The van der Waals surface area contributed by atoms with Gasteiger partial charge in [0.15, 0.2) is 0 Å². The number of hydrogen-bond donors (Lipinski definition) is 1. The second-order valence-corrected chi connectivity index (χ2v) is 6.64. The number of anilines is 1. The number of nitrogens with zero attached hydrogens (tertiary/aromatic N) is 3. The smallest absolute Gasteiger partial charge is 0.226 e. The summed E-state index contributed by atoms with van der Waals surface area (Å²) in [4.78, 5) is 11.5. The lowest BCUT2D eigenvalue weighted by molar-refractivity contribution is -0.108. The molecular formula is C16H25N3O2. The fourth-order valence-corrected chi connectivity index (χ4v) is 3.67. The van der Waals surface area contributed by atoms with Gasteiger partial charge in [-0.05, 0) is 46.1 Å². The van der Waals surface area contributed by atoms with Crippen LogP contribution in [-0.2, 0) is 4.74 Å². The third kappa shape index (κ3) is 2.90. The minimum Gasteiger partial charge on any atom is -0.390 e. The van der Waals surface area contributed by atoms with Gasteiger partial charge in [-0.25, -0.2) is 9.97 Å². The van der Waals surface area contributed by atoms with E-state index in [-0.39, 0.29) is 12.0 Å². The zero-order valence-electron chi connectivity index (χ0n) is 13.2. The molecule has 2 saturated heterocycles. The highest BCUT2D eigenvalue weighted by Crippen LogP contribution is 2.37. The first-order valence-corrected chi connectivity index (χ1v) is 7.86. The summed E-state index contributed by atoms with van der Waals surface area (Å²) in [7, 11) is 0. The molecule has 1 N–H and O–H groups in total. The number of aromatic nitrogens is 2. The first-order valence-electron chi connectivity index (χ1n) is 7.86. The Kier molecular flexibility index (Phi) is 3.88. The Bertz CT molecular complexity index is 498. The number of aliphatic hydroxyl groups is 1. The molecule has 0 radical (unpaired) electrons. The van der Waals surface area contributed by atoms with E-state index in [2.05, 4.69) is 14.9 Å². The van der Waals surface area contributed by atoms with Crippen molar-refractivity contribution in [2.75, 3.05) is 24.7 Å². The zero-order valence-corrected chi connectivity index (χ0v) is 13.2. The molecule has 3 unspecified atom stereocenters. The molecule has 2 aliphatic rings. The van der Waals surface area contributed by atoms with Gasteiger partial charge in [0.25, 0.3) is 0 Å². The van der Waals surface area contributed by atoms with Crippen molar-refractivity contribution in [3.63, 3.8) is 0 Å². The fourth-order valence-electron chi connectivity index (χ4n) is 3.67. The summed E-state index contributed by atoms with van der Waals surface area (Å²) in [6.07, 6.45) is 2.89. The van der Waals surface area contributed by atoms with Crippen LogP contribution >= 0.6 is 0 Å². The van der Waals surface area contributed by atoms with E-state index in [1.54, 1.807) is 0 Å². The second kappa shape index (κ2) is 5.54. The van der Waals surface area contributed by atoms with Crippen molar-refractivity contribution in [2.24, 2.45) is 5.92 Å². The summed E-state index contributed by atoms with van der Waals surface area (Å²) in [5.41, 5.74) is 1.33. The highest BCUT2D eigenvalue weighted by molar-refractivity contribution is 5.36. The van der Waals surface area contributed by atoms with Crippen LogP contribution in [0.25, 0.3) is 0 Å². The van der Waals surface area contributed by atoms with E-state index in [1.807, 2.05) is 26.8 Å². The second-order valence-electron chi connectivity index (χ2n) is 6.64. The van der Waals surface area contributed by atoms with Crippen molar-refractivity contribution in [3.05, 3.63) is 17.5 Å². The van der Waals surface area contributed by atoms with Gasteiger partial charge >= 0.3 is 0 Å². The summed E-state index contributed by atoms with van der Waals surface area (Å²) in [6, 6.07) is 2.26. The summed E-state index contributed by atoms with van der Waals surface area (Å²) < 4.78 is 5.63. The van der Waals surface area contributed by atoms with Crippen molar-refractivity contribution < 1.29 is 9.84 Å². The lowest BCUT2D eigenvalue weighted by Gasteiger charge is -2.43. The molecule has 5 heteroatoms. The SMILES string of the molecule is Cc1cc(C)nc(N2CCCC2C2COCCC2(C)O)n1. The van der Waals surface area contributed by atoms with Crippen molar-refractivity contribution >= 4 is 5.95 Å². The Morgan fingerprint density at radius 3 is 2.71 bits per heavy atom. The van der Waals surface area contributed by atoms with Gasteiger partial charge < -0.3 is 14.7 Å². The van der Waals surface area contributed by atoms with Crippen LogP contribution in [0.1, 0.15) is 37.6 Å². The highest BCUT2D eigenvalue weighted by atomic mass is 16.5. The monoisotopic (exact) mass is 291 g/mol. The van der Waals surface area contributed by atoms with Gasteiger partial charge in [-0.15, -0.1) is 0 Å². The van der Waals surface area contributed by atoms with Crippen LogP contribution in [0, 0.1) is 19.8 Å². The molecule has 0 aromatic carbocycles. The molecule has 0 spiro atoms. The molecule has 3 rings (SSSR count). The maximum absolute atomic E-state index is 10.7. The summed E-state index contributed by atoms with van der Waals surface area (Å²) in [5.74, 6) is 0.926. The average Bonchev–Trinajstić information content (AvgIpc) is 2.86. The summed E-state index contributed by atoms with van der Waals surface area (Å²) in [6.45, 7) is 8.18. The lowest BCUT2D eigenvalue weighted by atomic mass is 9.79. The Hall–Kier alpha value is -1.20. The third-order valence-corrected chi connectivity index (χ3v) is 4.84. The first kappa shape index (κ1) is 14.7. The molecule has 1 aromatic heterocycles. The largest absolute Gasteiger partial charge is 0.390 e. The van der Waals surface area contributed by atoms with Crippen LogP contribution in [0.4, 0.5) is 5.95 Å². The van der Waals surface area contributed by atoms with E-state index in [9.17, 15) is 5.11 Å². The Labute approximate surface area is 126 Å². The van der Waals surface area contributed by atoms with Gasteiger partial charge in [0.1, 0.15) is 0 Å². The summed E-state index contributed by atoms with van der Waals surface area (Å²) in [5, 5.41) is 10.7. The molecule has 1 aromatic rings. The molecule has 3 heterocycles. The maximum Gasteiger partial charge on any atom is 0.226 e. The van der Waals surface area contributed by atoms with Crippen molar-refractivity contribution in [2.45, 2.75) is 51.7 Å². The minimum absolute atomic E-state index is 0.123. The number of ether oxygens (including phenoxy) is 1. The molecule has 2 fully saturated rings. The first-order chi connectivity index (χ1) is 9.97. The molecule has 0 aliphatic carbocycles. The van der Waals surface area contributed by atoms with Crippen molar-refractivity contribution in [3.8, 4) is 0 Å².